The second-order valence-electron chi connectivity index (χ2n) is 5.71. The zero-order chi connectivity index (χ0) is 24.1. The molecule has 0 aromatic carbocycles. The number of allylic oxidation sites excluding steroid dienone is 1. The number of rotatable bonds is 1. The Morgan fingerprint density at radius 3 is 1.52 bits per heavy atom. The number of carbonyl (C=O) groups is 2. The van der Waals surface area contributed by atoms with Crippen molar-refractivity contribution in [3.63, 3.8) is 0 Å². The molecule has 0 unspecified atom stereocenters. The summed E-state index contributed by atoms with van der Waals surface area (Å²) in [4.78, 5) is 23.4. The third-order valence-electron chi connectivity index (χ3n) is 4.23. The number of hydrogen-bond donors (Lipinski definition) is 1. The van der Waals surface area contributed by atoms with Crippen molar-refractivity contribution in [2.75, 3.05) is 7.05 Å². The number of ketones is 1. The van der Waals surface area contributed by atoms with Gasteiger partial charge in [0.25, 0.3) is 0 Å². The van der Waals surface area contributed by atoms with Crippen LogP contribution in [0.5, 0.6) is 5.88 Å². The molecule has 2 heterocycles. The van der Waals surface area contributed by atoms with Crippen LogP contribution in [0.25, 0.3) is 0 Å². The van der Waals surface area contributed by atoms with Crippen LogP contribution < -0.4 is 0 Å². The molecule has 0 atom stereocenters. The van der Waals surface area contributed by atoms with E-state index in [9.17, 15) is 14.7 Å². The Bertz CT molecular complexity index is 663. The van der Waals surface area contributed by atoms with Gasteiger partial charge in [0.1, 0.15) is 0 Å². The predicted molar refractivity (Wildman–Crippen MR) is 164 cm³/mol. The third kappa shape index (κ3) is 13.5. The van der Waals surface area contributed by atoms with Gasteiger partial charge in [0.05, 0.1) is 5.56 Å². The number of halogens is 5. The molecule has 0 aliphatic carbocycles. The average molecular weight is 1010 g/mol. The van der Waals surface area contributed by atoms with Gasteiger partial charge in [-0.05, 0) is 45.8 Å². The quantitative estimate of drug-likeness (QED) is 0.229. The van der Waals surface area contributed by atoms with Crippen LogP contribution >= 0.6 is 97.2 Å². The summed E-state index contributed by atoms with van der Waals surface area (Å²) in [6, 6.07) is 0. The summed E-state index contributed by atoms with van der Waals surface area (Å²) in [5.41, 5.74) is 4.54. The molecule has 0 saturated heterocycles. The first kappa shape index (κ1) is 35.8. The van der Waals surface area contributed by atoms with Gasteiger partial charge in [-0.1, -0.05) is 13.8 Å². The van der Waals surface area contributed by atoms with E-state index in [0.29, 0.717) is 12.0 Å². The van der Waals surface area contributed by atoms with E-state index in [0.717, 1.165) is 17.0 Å². The summed E-state index contributed by atoms with van der Waals surface area (Å²) < 4.78 is 1.62. The van der Waals surface area contributed by atoms with Crippen LogP contribution in [0.1, 0.15) is 62.7 Å². The maximum atomic E-state index is 11.1. The van der Waals surface area contributed by atoms with Crippen molar-refractivity contribution in [3.05, 3.63) is 28.1 Å². The molecule has 29 heavy (non-hydrogen) atoms. The van der Waals surface area contributed by atoms with E-state index >= 15 is 0 Å². The summed E-state index contributed by atoms with van der Waals surface area (Å²) in [6.45, 7) is 13.1. The van der Waals surface area contributed by atoms with Gasteiger partial charge in [0.2, 0.25) is 11.8 Å². The Labute approximate surface area is 237 Å². The number of amides is 1. The molecule has 0 radical (unpaired) electrons. The number of Topliss-reactive ketones (excluding diaryl/α,β-unsaturated/α-hetero) is 1. The SMILES string of the molecule is CC.CC(=O)c1c(C)c(C)n(C)c1O.CC1=C(C)N(C)C(=O)C1.II.[I][V]([I])[I]. The van der Waals surface area contributed by atoms with Crippen molar-refractivity contribution >= 4 is 109 Å². The maximum absolute atomic E-state index is 11.1. The number of carbonyl (C=O) groups excluding carboxylic acids is 2. The van der Waals surface area contributed by atoms with Crippen molar-refractivity contribution in [2.45, 2.75) is 54.9 Å². The van der Waals surface area contributed by atoms with Gasteiger partial charge >= 0.3 is 64.9 Å². The molecule has 2 rings (SSSR count). The van der Waals surface area contributed by atoms with Gasteiger partial charge < -0.3 is 14.6 Å². The zero-order valence-electron chi connectivity index (χ0n) is 18.2. The van der Waals surface area contributed by atoms with E-state index in [2.05, 4.69) is 97.2 Å². The molecule has 1 N–H and O–H groups in total. The molecule has 0 bridgehead atoms. The Balaban J connectivity index is -0.000000351. The molecular formula is C18H30I5N2O3V. The minimum absolute atomic E-state index is 0.0671. The fraction of sp³-hybridized carbons (Fsp3) is 0.556. The van der Waals surface area contributed by atoms with Crippen LogP contribution in [0, 0.1) is 13.8 Å². The summed E-state index contributed by atoms with van der Waals surface area (Å²) >= 11 is 11.6. The van der Waals surface area contributed by atoms with E-state index in [4.69, 9.17) is 0 Å². The Morgan fingerprint density at radius 2 is 1.41 bits per heavy atom. The molecule has 1 amide bonds. The Morgan fingerprint density at radius 1 is 1.03 bits per heavy atom. The van der Waals surface area contributed by atoms with Gasteiger partial charge in [0.15, 0.2) is 5.78 Å². The van der Waals surface area contributed by atoms with Crippen LogP contribution in [0.2, 0.25) is 0 Å². The number of nitrogens with zero attached hydrogens (tertiary/aromatic N) is 2. The summed E-state index contributed by atoms with van der Waals surface area (Å²) in [5, 5.41) is 9.51. The van der Waals surface area contributed by atoms with Crippen LogP contribution in [0.15, 0.2) is 11.3 Å². The topological polar surface area (TPSA) is 62.5 Å². The minimum atomic E-state index is -0.278. The first-order valence-corrected chi connectivity index (χ1v) is 28.3. The first-order chi connectivity index (χ1) is 13.3. The van der Waals surface area contributed by atoms with Crippen molar-refractivity contribution in [1.82, 2.24) is 9.47 Å². The Hall–Kier alpha value is 2.19. The zero-order valence-corrected chi connectivity index (χ0v) is 30.4. The average Bonchev–Trinajstić information content (AvgIpc) is 3.00. The van der Waals surface area contributed by atoms with E-state index in [1.807, 2.05) is 48.6 Å². The van der Waals surface area contributed by atoms with E-state index in [1.165, 1.54) is 12.5 Å². The van der Waals surface area contributed by atoms with Gasteiger partial charge in [0, 0.05) is 69.1 Å². The van der Waals surface area contributed by atoms with Crippen LogP contribution in [0.4, 0.5) is 0 Å². The molecule has 1 aliphatic rings. The normalized spacial score (nSPS) is 12.1. The van der Waals surface area contributed by atoms with E-state index in [1.54, 1.807) is 16.5 Å². The first-order valence-electron chi connectivity index (χ1n) is 8.53. The standard InChI is InChI=1S/C9H13NO2.C7H11NO.C2H6.I2.3HI.V/c1-5-6(2)10(4)9(12)8(5)7(3)11;1-5-4-7(9)8(3)6(5)2;2*1-2;;;;/h12H,1-4H3;4H2,1-3H3;1-2H3;;3*1H;/q;;;;;;;+3/p-3. The summed E-state index contributed by atoms with van der Waals surface area (Å²) in [6.07, 6.45) is 0.613. The molecule has 0 saturated carbocycles. The molecular weight excluding hydrogens is 978 g/mol. The number of aromatic hydroxyl groups is 1. The van der Waals surface area contributed by atoms with Gasteiger partial charge in [-0.15, -0.1) is 0 Å². The molecule has 170 valence electrons. The summed E-state index contributed by atoms with van der Waals surface area (Å²) in [7, 11) is 3.55. The summed E-state index contributed by atoms with van der Waals surface area (Å²) in [5.74, 6) is 0.191. The molecule has 0 fully saturated rings. The van der Waals surface area contributed by atoms with Crippen LogP contribution in [0.3, 0.4) is 0 Å². The van der Waals surface area contributed by atoms with Crippen LogP contribution in [-0.4, -0.2) is 33.3 Å². The number of aromatic nitrogens is 1. The van der Waals surface area contributed by atoms with E-state index < -0.39 is 0 Å². The van der Waals surface area contributed by atoms with Crippen molar-refractivity contribution < 1.29 is 19.6 Å². The van der Waals surface area contributed by atoms with Gasteiger partial charge in [-0.3, -0.25) is 9.59 Å². The molecule has 1 aliphatic heterocycles. The van der Waals surface area contributed by atoms with Crippen molar-refractivity contribution in [2.24, 2.45) is 7.05 Å². The predicted octanol–water partition coefficient (Wildman–Crippen LogP) is 8.14. The van der Waals surface area contributed by atoms with Crippen molar-refractivity contribution in [1.29, 1.82) is 0 Å². The second-order valence-corrected chi connectivity index (χ2v) is 41.1. The van der Waals surface area contributed by atoms with Crippen LogP contribution in [-0.2, 0) is 16.8 Å². The molecule has 5 nitrogen and oxygen atoms in total. The monoisotopic (exact) mass is 1010 g/mol. The Kier molecular flexibility index (Phi) is 24.2. The van der Waals surface area contributed by atoms with Gasteiger partial charge in [-0.2, -0.15) is 0 Å². The molecule has 0 spiro atoms. The second kappa shape index (κ2) is 19.6. The third-order valence-corrected chi connectivity index (χ3v) is 4.23. The fourth-order valence-corrected chi connectivity index (χ4v) is 2.29. The molecule has 1 aromatic heterocycles. The van der Waals surface area contributed by atoms with Crippen molar-refractivity contribution in [3.8, 4) is 5.88 Å². The van der Waals surface area contributed by atoms with Gasteiger partial charge in [-0.25, -0.2) is 0 Å². The molecule has 1 aromatic rings. The molecule has 11 heteroatoms. The van der Waals surface area contributed by atoms with E-state index in [-0.39, 0.29) is 22.5 Å². The number of hydrogen-bond acceptors (Lipinski definition) is 3. The fourth-order valence-electron chi connectivity index (χ4n) is 2.29.